The second-order valence-corrected chi connectivity index (χ2v) is 7.32. The highest BCUT2D eigenvalue weighted by atomic mass is 19.1. The molecule has 31 heavy (non-hydrogen) atoms. The summed E-state index contributed by atoms with van der Waals surface area (Å²) < 4.78 is 18.7. The molecule has 0 saturated carbocycles. The van der Waals surface area contributed by atoms with E-state index >= 15 is 0 Å². The van der Waals surface area contributed by atoms with Gasteiger partial charge in [-0.3, -0.25) is 9.59 Å². The lowest BCUT2D eigenvalue weighted by Gasteiger charge is -2.18. The van der Waals surface area contributed by atoms with Crippen LogP contribution in [0.1, 0.15) is 16.7 Å². The molecule has 0 spiro atoms. The van der Waals surface area contributed by atoms with E-state index in [4.69, 9.17) is 4.74 Å². The van der Waals surface area contributed by atoms with Crippen LogP contribution < -0.4 is 15.0 Å². The summed E-state index contributed by atoms with van der Waals surface area (Å²) in [5, 5.41) is 3.04. The van der Waals surface area contributed by atoms with Crippen LogP contribution in [0.4, 0.5) is 15.8 Å². The van der Waals surface area contributed by atoms with E-state index in [0.717, 1.165) is 16.0 Å². The van der Waals surface area contributed by atoms with Gasteiger partial charge in [-0.1, -0.05) is 35.9 Å². The first-order valence-electron chi connectivity index (χ1n) is 9.77. The molecule has 0 saturated heterocycles. The standard InChI is InChI=1S/C25H21FN2O3/c1-15-8-13-19(16(2)14-15)22-23(27-18-11-9-17(26)10-12-18)25(30)28(24(22)29)20-6-4-5-7-21(20)31-3/h4-14,27H,1-3H3. The summed E-state index contributed by atoms with van der Waals surface area (Å²) in [5.41, 5.74) is 3.84. The summed E-state index contributed by atoms with van der Waals surface area (Å²) in [6, 6.07) is 18.2. The van der Waals surface area contributed by atoms with Crippen LogP contribution in [0.5, 0.6) is 5.75 Å². The van der Waals surface area contributed by atoms with Gasteiger partial charge in [-0.05, 0) is 61.4 Å². The Kier molecular flexibility index (Phi) is 5.29. The van der Waals surface area contributed by atoms with E-state index in [-0.39, 0.29) is 11.3 Å². The number of benzene rings is 3. The minimum atomic E-state index is -0.506. The van der Waals surface area contributed by atoms with Crippen LogP contribution in [0.25, 0.3) is 5.57 Å². The number of carbonyl (C=O) groups is 2. The summed E-state index contributed by atoms with van der Waals surface area (Å²) >= 11 is 0. The zero-order chi connectivity index (χ0) is 22.1. The van der Waals surface area contributed by atoms with E-state index in [2.05, 4.69) is 5.32 Å². The number of imide groups is 1. The molecule has 0 radical (unpaired) electrons. The second kappa shape index (κ2) is 8.07. The minimum absolute atomic E-state index is 0.134. The van der Waals surface area contributed by atoms with Crippen LogP contribution in [-0.2, 0) is 9.59 Å². The largest absolute Gasteiger partial charge is 0.495 e. The predicted octanol–water partition coefficient (Wildman–Crippen LogP) is 4.85. The van der Waals surface area contributed by atoms with E-state index in [1.807, 2.05) is 32.0 Å². The molecule has 156 valence electrons. The third-order valence-corrected chi connectivity index (χ3v) is 5.17. The molecule has 3 aromatic carbocycles. The molecule has 1 N–H and O–H groups in total. The third-order valence-electron chi connectivity index (χ3n) is 5.17. The molecule has 1 heterocycles. The van der Waals surface area contributed by atoms with E-state index in [0.29, 0.717) is 22.7 Å². The minimum Gasteiger partial charge on any atom is -0.495 e. The van der Waals surface area contributed by atoms with Crippen LogP contribution in [0, 0.1) is 19.7 Å². The van der Waals surface area contributed by atoms with Crippen molar-refractivity contribution in [2.75, 3.05) is 17.3 Å². The number of nitrogens with zero attached hydrogens (tertiary/aromatic N) is 1. The molecule has 1 aliphatic heterocycles. The van der Waals surface area contributed by atoms with Gasteiger partial charge in [0.1, 0.15) is 17.3 Å². The van der Waals surface area contributed by atoms with Gasteiger partial charge >= 0.3 is 0 Å². The predicted molar refractivity (Wildman–Crippen MR) is 118 cm³/mol. The van der Waals surface area contributed by atoms with Crippen molar-refractivity contribution in [3.8, 4) is 5.75 Å². The lowest BCUT2D eigenvalue weighted by Crippen LogP contribution is -2.32. The highest BCUT2D eigenvalue weighted by Crippen LogP contribution is 2.38. The number of rotatable bonds is 5. The van der Waals surface area contributed by atoms with Gasteiger partial charge in [0.15, 0.2) is 0 Å². The summed E-state index contributed by atoms with van der Waals surface area (Å²) in [7, 11) is 1.49. The Morgan fingerprint density at radius 3 is 2.29 bits per heavy atom. The van der Waals surface area contributed by atoms with Crippen molar-refractivity contribution in [3.63, 3.8) is 0 Å². The van der Waals surface area contributed by atoms with E-state index < -0.39 is 17.6 Å². The number of amides is 2. The van der Waals surface area contributed by atoms with Gasteiger partial charge in [0.25, 0.3) is 11.8 Å². The summed E-state index contributed by atoms with van der Waals surface area (Å²) in [6.45, 7) is 3.86. The number of hydrogen-bond acceptors (Lipinski definition) is 4. The maximum absolute atomic E-state index is 13.6. The van der Waals surface area contributed by atoms with Gasteiger partial charge in [-0.15, -0.1) is 0 Å². The monoisotopic (exact) mass is 416 g/mol. The first-order chi connectivity index (χ1) is 14.9. The topological polar surface area (TPSA) is 58.6 Å². The molecule has 0 bridgehead atoms. The van der Waals surface area contributed by atoms with Crippen LogP contribution in [-0.4, -0.2) is 18.9 Å². The van der Waals surface area contributed by atoms with Gasteiger partial charge < -0.3 is 10.1 Å². The van der Waals surface area contributed by atoms with E-state index in [1.54, 1.807) is 24.3 Å². The highest BCUT2D eigenvalue weighted by molar-refractivity contribution is 6.46. The number of methoxy groups -OCH3 is 1. The average molecular weight is 416 g/mol. The molecule has 0 atom stereocenters. The number of para-hydroxylation sites is 2. The number of hydrogen-bond donors (Lipinski definition) is 1. The molecule has 2 amide bonds. The summed E-state index contributed by atoms with van der Waals surface area (Å²) in [6.07, 6.45) is 0. The van der Waals surface area contributed by atoms with Crippen molar-refractivity contribution in [3.05, 3.63) is 94.9 Å². The molecular formula is C25H21FN2O3. The van der Waals surface area contributed by atoms with Crippen molar-refractivity contribution < 1.29 is 18.7 Å². The molecule has 0 fully saturated rings. The molecule has 0 aromatic heterocycles. The van der Waals surface area contributed by atoms with Crippen LogP contribution in [0.15, 0.2) is 72.4 Å². The van der Waals surface area contributed by atoms with Crippen molar-refractivity contribution in [1.82, 2.24) is 0 Å². The molecule has 0 aliphatic carbocycles. The maximum atomic E-state index is 13.6. The Balaban J connectivity index is 1.87. The Morgan fingerprint density at radius 1 is 0.903 bits per heavy atom. The molecule has 5 nitrogen and oxygen atoms in total. The van der Waals surface area contributed by atoms with Gasteiger partial charge in [0, 0.05) is 5.69 Å². The number of carbonyl (C=O) groups excluding carboxylic acids is 2. The number of ether oxygens (including phenoxy) is 1. The summed E-state index contributed by atoms with van der Waals surface area (Å²) in [4.78, 5) is 28.2. The number of anilines is 2. The van der Waals surface area contributed by atoms with Crippen molar-refractivity contribution in [2.24, 2.45) is 0 Å². The first kappa shape index (κ1) is 20.3. The van der Waals surface area contributed by atoms with Crippen molar-refractivity contribution >= 4 is 28.8 Å². The quantitative estimate of drug-likeness (QED) is 0.604. The zero-order valence-corrected chi connectivity index (χ0v) is 17.4. The first-order valence-corrected chi connectivity index (χ1v) is 9.77. The lowest BCUT2D eigenvalue weighted by atomic mass is 9.97. The molecule has 0 unspecified atom stereocenters. The zero-order valence-electron chi connectivity index (χ0n) is 17.4. The maximum Gasteiger partial charge on any atom is 0.282 e. The van der Waals surface area contributed by atoms with Crippen LogP contribution in [0.2, 0.25) is 0 Å². The van der Waals surface area contributed by atoms with Gasteiger partial charge in [0.2, 0.25) is 0 Å². The SMILES string of the molecule is COc1ccccc1N1C(=O)C(Nc2ccc(F)cc2)=C(c2ccc(C)cc2C)C1=O. The smallest absolute Gasteiger partial charge is 0.282 e. The Hall–Kier alpha value is -3.93. The molecule has 6 heteroatoms. The van der Waals surface area contributed by atoms with Gasteiger partial charge in [-0.25, -0.2) is 9.29 Å². The fourth-order valence-electron chi connectivity index (χ4n) is 3.70. The van der Waals surface area contributed by atoms with E-state index in [9.17, 15) is 14.0 Å². The van der Waals surface area contributed by atoms with E-state index in [1.165, 1.54) is 31.4 Å². The lowest BCUT2D eigenvalue weighted by molar-refractivity contribution is -0.120. The van der Waals surface area contributed by atoms with Crippen LogP contribution >= 0.6 is 0 Å². The van der Waals surface area contributed by atoms with Gasteiger partial charge in [-0.2, -0.15) is 0 Å². The number of nitrogens with one attached hydrogen (secondary N) is 1. The number of halogens is 1. The Labute approximate surface area is 179 Å². The van der Waals surface area contributed by atoms with Crippen molar-refractivity contribution in [1.29, 1.82) is 0 Å². The summed E-state index contributed by atoms with van der Waals surface area (Å²) in [5.74, 6) is -0.939. The molecule has 4 rings (SSSR count). The molecule has 1 aliphatic rings. The highest BCUT2D eigenvalue weighted by Gasteiger charge is 2.41. The molecule has 3 aromatic rings. The van der Waals surface area contributed by atoms with Gasteiger partial charge in [0.05, 0.1) is 18.4 Å². The normalized spacial score (nSPS) is 13.7. The fraction of sp³-hybridized carbons (Fsp3) is 0.120. The Bertz CT molecular complexity index is 1220. The second-order valence-electron chi connectivity index (χ2n) is 7.32. The van der Waals surface area contributed by atoms with Crippen LogP contribution in [0.3, 0.4) is 0 Å². The average Bonchev–Trinajstić information content (AvgIpc) is 2.99. The third kappa shape index (κ3) is 3.68. The number of aryl methyl sites for hydroxylation is 2. The Morgan fingerprint density at radius 2 is 1.61 bits per heavy atom. The van der Waals surface area contributed by atoms with Crippen molar-refractivity contribution in [2.45, 2.75) is 13.8 Å². The fourth-order valence-corrected chi connectivity index (χ4v) is 3.70. The molecular weight excluding hydrogens is 395 g/mol.